The van der Waals surface area contributed by atoms with Gasteiger partial charge in [0.2, 0.25) is 0 Å². The van der Waals surface area contributed by atoms with Crippen molar-refractivity contribution in [1.29, 1.82) is 0 Å². The number of rotatable bonds is 3. The minimum absolute atomic E-state index is 0.271. The van der Waals surface area contributed by atoms with Gasteiger partial charge in [0.15, 0.2) is 0 Å². The molecule has 0 bridgehead atoms. The van der Waals surface area contributed by atoms with E-state index in [1.807, 2.05) is 42.5 Å². The number of carbonyl (C=O) groups is 1. The van der Waals surface area contributed by atoms with Crippen LogP contribution < -0.4 is 0 Å². The van der Waals surface area contributed by atoms with Crippen molar-refractivity contribution in [3.05, 3.63) is 90.6 Å². The Morgan fingerprint density at radius 3 is 2.12 bits per heavy atom. The van der Waals surface area contributed by atoms with E-state index in [0.717, 1.165) is 16.7 Å². The summed E-state index contributed by atoms with van der Waals surface area (Å²) < 4.78 is 0. The lowest BCUT2D eigenvalue weighted by Gasteiger charge is -2.09. The molecule has 3 heteroatoms. The van der Waals surface area contributed by atoms with Crippen LogP contribution in [0.4, 0.5) is 0 Å². The molecule has 0 saturated heterocycles. The Bertz CT molecular complexity index is 1050. The van der Waals surface area contributed by atoms with Gasteiger partial charge >= 0.3 is 5.97 Å². The highest BCUT2D eigenvalue weighted by atomic mass is 16.4. The summed E-state index contributed by atoms with van der Waals surface area (Å²) in [5.41, 5.74) is 5.23. The quantitative estimate of drug-likeness (QED) is 0.558. The molecule has 0 saturated carbocycles. The smallest absolute Gasteiger partial charge is 0.336 e. The third-order valence-corrected chi connectivity index (χ3v) is 4.30. The largest absolute Gasteiger partial charge is 0.478 e. The van der Waals surface area contributed by atoms with Gasteiger partial charge in [0.1, 0.15) is 0 Å². The van der Waals surface area contributed by atoms with Crippen LogP contribution in [-0.4, -0.2) is 16.1 Å². The van der Waals surface area contributed by atoms with Crippen LogP contribution in [0.25, 0.3) is 33.2 Å². The molecular weight excluding hydrogens is 310 g/mol. The molecule has 3 aromatic carbocycles. The number of nitrogens with zero attached hydrogens (tertiary/aromatic N) is 1. The van der Waals surface area contributed by atoms with E-state index in [0.29, 0.717) is 10.9 Å². The van der Waals surface area contributed by atoms with Gasteiger partial charge in [0.25, 0.3) is 0 Å². The van der Waals surface area contributed by atoms with E-state index in [9.17, 15) is 9.90 Å². The van der Waals surface area contributed by atoms with Crippen LogP contribution >= 0.6 is 0 Å². The topological polar surface area (TPSA) is 50.2 Å². The number of para-hydroxylation sites is 1. The second-order valence-electron chi connectivity index (χ2n) is 5.81. The van der Waals surface area contributed by atoms with E-state index < -0.39 is 5.97 Å². The van der Waals surface area contributed by atoms with Crippen LogP contribution in [0.2, 0.25) is 0 Å². The van der Waals surface area contributed by atoms with Crippen LogP contribution in [0, 0.1) is 0 Å². The summed E-state index contributed by atoms with van der Waals surface area (Å²) in [4.78, 5) is 15.9. The molecule has 4 rings (SSSR count). The van der Waals surface area contributed by atoms with Gasteiger partial charge in [-0.1, -0.05) is 72.8 Å². The molecule has 0 amide bonds. The maximum atomic E-state index is 11.4. The maximum Gasteiger partial charge on any atom is 0.336 e. The lowest BCUT2D eigenvalue weighted by molar-refractivity contribution is 0.0699. The van der Waals surface area contributed by atoms with Crippen molar-refractivity contribution in [3.8, 4) is 22.3 Å². The van der Waals surface area contributed by atoms with E-state index in [2.05, 4.69) is 29.2 Å². The molecule has 25 heavy (non-hydrogen) atoms. The Labute approximate surface area is 145 Å². The van der Waals surface area contributed by atoms with Gasteiger partial charge in [0.05, 0.1) is 11.1 Å². The Morgan fingerprint density at radius 2 is 1.40 bits per heavy atom. The van der Waals surface area contributed by atoms with Crippen molar-refractivity contribution in [2.45, 2.75) is 0 Å². The monoisotopic (exact) mass is 325 g/mol. The predicted octanol–water partition coefficient (Wildman–Crippen LogP) is 5.27. The van der Waals surface area contributed by atoms with Gasteiger partial charge in [-0.3, -0.25) is 4.98 Å². The number of aromatic nitrogens is 1. The van der Waals surface area contributed by atoms with E-state index in [-0.39, 0.29) is 5.56 Å². The SMILES string of the molecule is O=C(O)c1ccnc2c(-c3ccc(-c4ccccc4)cc3)cccc12. The second-order valence-corrected chi connectivity index (χ2v) is 5.81. The number of pyridine rings is 1. The summed E-state index contributed by atoms with van der Waals surface area (Å²) in [5, 5.41) is 10.0. The molecule has 0 aliphatic rings. The first-order chi connectivity index (χ1) is 12.2. The highest BCUT2D eigenvalue weighted by molar-refractivity contribution is 6.06. The van der Waals surface area contributed by atoms with Crippen molar-refractivity contribution >= 4 is 16.9 Å². The zero-order chi connectivity index (χ0) is 17.2. The molecule has 3 nitrogen and oxygen atoms in total. The van der Waals surface area contributed by atoms with E-state index in [1.165, 1.54) is 11.6 Å². The third-order valence-electron chi connectivity index (χ3n) is 4.30. The van der Waals surface area contributed by atoms with Crippen molar-refractivity contribution in [2.24, 2.45) is 0 Å². The molecule has 4 aromatic rings. The Kier molecular flexibility index (Phi) is 3.75. The van der Waals surface area contributed by atoms with Crippen molar-refractivity contribution in [2.75, 3.05) is 0 Å². The fourth-order valence-electron chi connectivity index (χ4n) is 3.07. The number of hydrogen-bond donors (Lipinski definition) is 1. The van der Waals surface area contributed by atoms with Crippen molar-refractivity contribution < 1.29 is 9.90 Å². The summed E-state index contributed by atoms with van der Waals surface area (Å²) in [6, 6.07) is 25.6. The fraction of sp³-hybridized carbons (Fsp3) is 0. The number of aromatic carboxylic acids is 1. The molecule has 1 heterocycles. The highest BCUT2D eigenvalue weighted by Gasteiger charge is 2.12. The number of carboxylic acid groups (broad SMARTS) is 1. The molecule has 0 unspecified atom stereocenters. The third kappa shape index (κ3) is 2.76. The van der Waals surface area contributed by atoms with Crippen LogP contribution in [0.3, 0.4) is 0 Å². The average molecular weight is 325 g/mol. The molecule has 1 aromatic heterocycles. The minimum atomic E-state index is -0.941. The Hall–Kier alpha value is -3.46. The van der Waals surface area contributed by atoms with Gasteiger partial charge in [0, 0.05) is 17.1 Å². The molecule has 0 aliphatic heterocycles. The van der Waals surface area contributed by atoms with E-state index in [1.54, 1.807) is 12.3 Å². The average Bonchev–Trinajstić information content (AvgIpc) is 2.68. The van der Waals surface area contributed by atoms with Crippen LogP contribution in [0.15, 0.2) is 85.1 Å². The first kappa shape index (κ1) is 15.1. The molecular formula is C22H15NO2. The van der Waals surface area contributed by atoms with Crippen LogP contribution in [-0.2, 0) is 0 Å². The van der Waals surface area contributed by atoms with Gasteiger partial charge < -0.3 is 5.11 Å². The summed E-state index contributed by atoms with van der Waals surface area (Å²) in [7, 11) is 0. The molecule has 0 fully saturated rings. The lowest BCUT2D eigenvalue weighted by atomic mass is 9.97. The summed E-state index contributed by atoms with van der Waals surface area (Å²) >= 11 is 0. The first-order valence-corrected chi connectivity index (χ1v) is 8.01. The van der Waals surface area contributed by atoms with Crippen LogP contribution in [0.1, 0.15) is 10.4 Å². The molecule has 0 aliphatic carbocycles. The van der Waals surface area contributed by atoms with E-state index >= 15 is 0 Å². The first-order valence-electron chi connectivity index (χ1n) is 8.01. The van der Waals surface area contributed by atoms with Crippen molar-refractivity contribution in [3.63, 3.8) is 0 Å². The predicted molar refractivity (Wildman–Crippen MR) is 99.6 cm³/mol. The highest BCUT2D eigenvalue weighted by Crippen LogP contribution is 2.30. The van der Waals surface area contributed by atoms with Gasteiger partial charge in [-0.05, 0) is 22.8 Å². The molecule has 120 valence electrons. The van der Waals surface area contributed by atoms with Gasteiger partial charge in [-0.25, -0.2) is 4.79 Å². The van der Waals surface area contributed by atoms with Crippen molar-refractivity contribution in [1.82, 2.24) is 4.98 Å². The zero-order valence-corrected chi connectivity index (χ0v) is 13.4. The number of fused-ring (bicyclic) bond motifs is 1. The zero-order valence-electron chi connectivity index (χ0n) is 13.4. The van der Waals surface area contributed by atoms with E-state index in [4.69, 9.17) is 0 Å². The number of benzene rings is 3. The lowest BCUT2D eigenvalue weighted by Crippen LogP contribution is -1.98. The van der Waals surface area contributed by atoms with Gasteiger partial charge in [-0.2, -0.15) is 0 Å². The Morgan fingerprint density at radius 1 is 0.720 bits per heavy atom. The summed E-state index contributed by atoms with van der Waals surface area (Å²) in [6.45, 7) is 0. The molecule has 0 atom stereocenters. The second kappa shape index (κ2) is 6.21. The van der Waals surface area contributed by atoms with Gasteiger partial charge in [-0.15, -0.1) is 0 Å². The summed E-state index contributed by atoms with van der Waals surface area (Å²) in [6.07, 6.45) is 1.55. The molecule has 1 N–H and O–H groups in total. The normalized spacial score (nSPS) is 10.7. The minimum Gasteiger partial charge on any atom is -0.478 e. The summed E-state index contributed by atoms with van der Waals surface area (Å²) in [5.74, 6) is -0.941. The molecule has 0 radical (unpaired) electrons. The molecule has 0 spiro atoms. The number of carboxylic acids is 1. The Balaban J connectivity index is 1.83. The van der Waals surface area contributed by atoms with Crippen LogP contribution in [0.5, 0.6) is 0 Å². The fourth-order valence-corrected chi connectivity index (χ4v) is 3.07. The maximum absolute atomic E-state index is 11.4. The number of hydrogen-bond acceptors (Lipinski definition) is 2. The standard InChI is InChI=1S/C22H15NO2/c24-22(25)20-13-14-23-21-18(7-4-8-19(20)21)17-11-9-16(10-12-17)15-5-2-1-3-6-15/h1-14H,(H,24,25).